The summed E-state index contributed by atoms with van der Waals surface area (Å²) in [4.78, 5) is 22.6. The van der Waals surface area contributed by atoms with Crippen LogP contribution in [-0.2, 0) is 29.0 Å². The maximum Gasteiger partial charge on any atom is 0 e. The number of aliphatic carboxylic acids is 2. The smallest absolute Gasteiger partial charge is 0 e. The maximum absolute atomic E-state index is 12.9. The average molecular weight is 749 g/mol. The van der Waals surface area contributed by atoms with Crippen LogP contribution in [0.5, 0.6) is 0 Å². The van der Waals surface area contributed by atoms with E-state index in [1.165, 1.54) is 0 Å². The Morgan fingerprint density at radius 3 is 1.26 bits per heavy atom. The Labute approximate surface area is 268 Å². The predicted octanol–water partition coefficient (Wildman–Crippen LogP) is -7.24. The van der Waals surface area contributed by atoms with Crippen LogP contribution >= 0.6 is 0 Å². The summed E-state index contributed by atoms with van der Waals surface area (Å²) in [6.07, 6.45) is -17.1. The number of rotatable bonds is 8. The van der Waals surface area contributed by atoms with Crippen LogP contribution in [0.3, 0.4) is 0 Å². The molecular formula is C12H20Na3O17Sb2. The predicted molar refractivity (Wildman–Crippen MR) is 104 cm³/mol. The zero-order valence-corrected chi connectivity index (χ0v) is 29.3. The third-order valence-corrected chi connectivity index (χ3v) is 18.5. The van der Waals surface area contributed by atoms with Gasteiger partial charge in [0.15, 0.2) is 0 Å². The van der Waals surface area contributed by atoms with Gasteiger partial charge in [0.05, 0.1) is 0 Å². The van der Waals surface area contributed by atoms with Gasteiger partial charge in [-0.1, -0.05) is 0 Å². The van der Waals surface area contributed by atoms with E-state index in [0.717, 1.165) is 0 Å². The second-order valence-electron chi connectivity index (χ2n) is 6.33. The number of carboxylic acid groups (broad SMARTS) is 2. The van der Waals surface area contributed by atoms with Crippen molar-refractivity contribution in [3.05, 3.63) is 0 Å². The molecule has 0 saturated carbocycles. The molecule has 0 aromatic carbocycles. The van der Waals surface area contributed by atoms with Crippen LogP contribution in [0, 0.1) is 0 Å². The largest absolute Gasteiger partial charge is 0 e. The van der Waals surface area contributed by atoms with Crippen molar-refractivity contribution in [2.45, 2.75) is 48.8 Å². The van der Waals surface area contributed by atoms with E-state index in [-0.39, 0.29) is 88.7 Å². The van der Waals surface area contributed by atoms with Gasteiger partial charge in [0, 0.05) is 88.7 Å². The van der Waals surface area contributed by atoms with Gasteiger partial charge in [0.1, 0.15) is 0 Å². The van der Waals surface area contributed by atoms with Crippen molar-refractivity contribution in [2.24, 2.45) is 0 Å². The molecule has 3 radical (unpaired) electrons. The first kappa shape index (κ1) is 38.9. The molecule has 22 heteroatoms. The van der Waals surface area contributed by atoms with Crippen molar-refractivity contribution in [3.8, 4) is 0 Å². The second kappa shape index (κ2) is 16.1. The molecule has 8 atom stereocenters. The standard InChI is InChI=1S/2C6H10O7.3Na.3O.2Sb/c2*7-1-2(8)3(9)4(10)5(11)6(12)13;;;;;;;;/h2*2-5,7-8,10H,1H2,(H,12,13);;;;;;;;/q2*-2;;;;;;;2*+2/t2*2-,3-,4+,5-;;;;;;;;/m11......../s1. The Morgan fingerprint density at radius 1 is 0.735 bits per heavy atom. The van der Waals surface area contributed by atoms with Gasteiger partial charge in [0.2, 0.25) is 0 Å². The summed E-state index contributed by atoms with van der Waals surface area (Å²) in [5, 5.41) is 75.6. The van der Waals surface area contributed by atoms with E-state index in [9.17, 15) is 36.1 Å². The Bertz CT molecular complexity index is 725. The first-order chi connectivity index (χ1) is 14.3. The minimum Gasteiger partial charge on any atom is 0 e. The van der Waals surface area contributed by atoms with Crippen LogP contribution < -0.4 is 0 Å². The van der Waals surface area contributed by atoms with Crippen LogP contribution in [-0.4, -0.2) is 244 Å². The number of aliphatic hydroxyl groups is 6. The maximum atomic E-state index is 12.9. The molecule has 183 valence electrons. The number of aliphatic hydroxyl groups excluding tert-OH is 6. The third kappa shape index (κ3) is 9.43. The van der Waals surface area contributed by atoms with E-state index in [2.05, 4.69) is 7.32 Å². The molecular weight excluding hydrogens is 729 g/mol. The van der Waals surface area contributed by atoms with Crippen molar-refractivity contribution in [3.63, 3.8) is 0 Å². The third-order valence-electron chi connectivity index (χ3n) is 4.10. The summed E-state index contributed by atoms with van der Waals surface area (Å²) >= 11 is -13.0. The fraction of sp³-hybridized carbons (Fsp3) is 0.833. The van der Waals surface area contributed by atoms with Crippen molar-refractivity contribution in [1.82, 2.24) is 0 Å². The summed E-state index contributed by atoms with van der Waals surface area (Å²) < 4.78 is 49.3. The van der Waals surface area contributed by atoms with Crippen molar-refractivity contribution in [1.29, 1.82) is 0 Å². The Hall–Kier alpha value is 2.74. The van der Waals surface area contributed by atoms with E-state index in [1.807, 2.05) is 0 Å². The monoisotopic (exact) mass is 747 g/mol. The van der Waals surface area contributed by atoms with Crippen molar-refractivity contribution < 1.29 is 69.8 Å². The summed E-state index contributed by atoms with van der Waals surface area (Å²) in [5.41, 5.74) is 0. The molecule has 2 saturated heterocycles. The average Bonchev–Trinajstić information content (AvgIpc) is 2.69. The first-order valence-electron chi connectivity index (χ1n) is 8.32. The number of carboxylic acids is 2. The second-order valence-corrected chi connectivity index (χ2v) is 17.4. The number of hydrogen-bond donors (Lipinski definition) is 8. The molecule has 0 aromatic rings. The molecule has 0 bridgehead atoms. The van der Waals surface area contributed by atoms with Crippen LogP contribution in [0.15, 0.2) is 0 Å². The van der Waals surface area contributed by atoms with Crippen LogP contribution in [0.25, 0.3) is 0 Å². The minimum absolute atomic E-state index is 0. The zero-order chi connectivity index (χ0) is 23.7. The Kier molecular flexibility index (Phi) is 18.4. The normalized spacial score (nSPS) is 39.4. The van der Waals surface area contributed by atoms with Crippen LogP contribution in [0.2, 0.25) is 0 Å². The van der Waals surface area contributed by atoms with E-state index in [4.69, 9.17) is 26.5 Å². The van der Waals surface area contributed by atoms with E-state index < -0.39 is 114 Å². The van der Waals surface area contributed by atoms with Gasteiger partial charge in [-0.15, -0.1) is 0 Å². The Balaban J connectivity index is 0. The number of carbonyl (C=O) groups is 2. The number of hydrogen-bond acceptors (Lipinski definition) is 15. The summed E-state index contributed by atoms with van der Waals surface area (Å²) in [6.45, 7) is -2.19. The van der Waals surface area contributed by atoms with Crippen molar-refractivity contribution >= 4 is 141 Å². The molecule has 34 heavy (non-hydrogen) atoms. The fourth-order valence-corrected chi connectivity index (χ4v) is 17.7. The summed E-state index contributed by atoms with van der Waals surface area (Å²) in [5.74, 6) is -3.81. The molecule has 2 aliphatic heterocycles. The van der Waals surface area contributed by atoms with Gasteiger partial charge in [-0.2, -0.15) is 0 Å². The molecule has 0 aliphatic carbocycles. The fourth-order valence-electron chi connectivity index (χ4n) is 2.61. The van der Waals surface area contributed by atoms with Gasteiger partial charge in [-0.3, -0.25) is 0 Å². The van der Waals surface area contributed by atoms with E-state index in [0.29, 0.717) is 0 Å². The Morgan fingerprint density at radius 2 is 1.03 bits per heavy atom. The van der Waals surface area contributed by atoms with Crippen LogP contribution in [0.1, 0.15) is 0 Å². The summed E-state index contributed by atoms with van der Waals surface area (Å²) in [6, 6.07) is 0. The topological polar surface area (TPSA) is 276 Å². The van der Waals surface area contributed by atoms with Gasteiger partial charge < -0.3 is 0 Å². The van der Waals surface area contributed by atoms with E-state index >= 15 is 0 Å². The molecule has 8 N–H and O–H groups in total. The SMILES string of the molecule is O=C(O)[C@@H]1[O][Sb](=[O])([O][Sb]2(=[O])[O][C@H]([C@H](O)CO)[C@H](O)[C@H](C(=O)O)[O]2)[O][C@H]([C@H](O)CO)[C@@H]1O.[Na].[Na].[Na]. The van der Waals surface area contributed by atoms with Gasteiger partial charge in [-0.05, 0) is 0 Å². The molecule has 0 spiro atoms. The van der Waals surface area contributed by atoms with Crippen LogP contribution in [0.4, 0.5) is 0 Å². The molecule has 17 nitrogen and oxygen atoms in total. The quantitative estimate of drug-likeness (QED) is 0.107. The van der Waals surface area contributed by atoms with Gasteiger partial charge in [-0.25, -0.2) is 0 Å². The zero-order valence-electron chi connectivity index (χ0n) is 18.2. The summed E-state index contributed by atoms with van der Waals surface area (Å²) in [7, 11) is 0. The molecule has 2 heterocycles. The molecule has 2 fully saturated rings. The first-order valence-corrected chi connectivity index (χ1v) is 16.7. The molecule has 2 aliphatic rings. The van der Waals surface area contributed by atoms with Crippen molar-refractivity contribution in [2.75, 3.05) is 13.2 Å². The van der Waals surface area contributed by atoms with Gasteiger partial charge in [0.25, 0.3) is 0 Å². The molecule has 0 aromatic heterocycles. The molecule has 0 unspecified atom stereocenters. The van der Waals surface area contributed by atoms with Gasteiger partial charge >= 0.3 is 184 Å². The molecule has 0 amide bonds. The minimum atomic E-state index is -6.51. The van der Waals surface area contributed by atoms with E-state index in [1.54, 1.807) is 0 Å². The molecule has 2 rings (SSSR count).